The maximum absolute atomic E-state index is 14.2. The Morgan fingerprint density at radius 1 is 1.21 bits per heavy atom. The molecule has 0 heterocycles. The summed E-state index contributed by atoms with van der Waals surface area (Å²) in [5.41, 5.74) is 0.512. The topological polar surface area (TPSA) is 18.5 Å². The van der Waals surface area contributed by atoms with E-state index in [0.717, 1.165) is 6.42 Å². The van der Waals surface area contributed by atoms with Gasteiger partial charge in [0.05, 0.1) is 19.6 Å². The van der Waals surface area contributed by atoms with Crippen molar-refractivity contribution in [1.82, 2.24) is 0 Å². The van der Waals surface area contributed by atoms with Gasteiger partial charge in [0.2, 0.25) is 0 Å². The molecule has 0 radical (unpaired) electrons. The molecule has 4 heteroatoms. The molecule has 0 N–H and O–H groups in total. The third-order valence-corrected chi connectivity index (χ3v) is 4.66. The molecule has 0 aliphatic heterocycles. The molecule has 1 aromatic carbocycles. The van der Waals surface area contributed by atoms with E-state index in [9.17, 15) is 4.39 Å². The van der Waals surface area contributed by atoms with E-state index in [0.29, 0.717) is 28.9 Å². The lowest BCUT2D eigenvalue weighted by molar-refractivity contribution is 0.348. The van der Waals surface area contributed by atoms with Crippen LogP contribution in [0.15, 0.2) is 12.1 Å². The van der Waals surface area contributed by atoms with Crippen LogP contribution in [0.3, 0.4) is 0 Å². The number of hydrogen-bond donors (Lipinski definition) is 0. The monoisotopic (exact) mass is 286 g/mol. The summed E-state index contributed by atoms with van der Waals surface area (Å²) in [5.74, 6) is 1.46. The maximum atomic E-state index is 14.2. The highest BCUT2D eigenvalue weighted by Gasteiger charge is 2.32. The van der Waals surface area contributed by atoms with E-state index in [-0.39, 0.29) is 11.2 Å². The van der Waals surface area contributed by atoms with Crippen molar-refractivity contribution in [2.45, 2.75) is 31.6 Å². The van der Waals surface area contributed by atoms with Gasteiger partial charge in [-0.05, 0) is 24.3 Å². The molecule has 0 spiro atoms. The molecule has 0 bridgehead atoms. The first-order valence-electron chi connectivity index (χ1n) is 6.64. The van der Waals surface area contributed by atoms with Gasteiger partial charge in [-0.15, -0.1) is 11.6 Å². The third kappa shape index (κ3) is 2.81. The van der Waals surface area contributed by atoms with Crippen molar-refractivity contribution < 1.29 is 13.9 Å². The highest BCUT2D eigenvalue weighted by molar-refractivity contribution is 6.21. The van der Waals surface area contributed by atoms with Crippen LogP contribution in [0.2, 0.25) is 0 Å². The fourth-order valence-corrected chi connectivity index (χ4v) is 3.46. The van der Waals surface area contributed by atoms with Crippen LogP contribution in [0.4, 0.5) is 4.39 Å². The summed E-state index contributed by atoms with van der Waals surface area (Å²) in [6, 6.07) is 3.01. The van der Waals surface area contributed by atoms with E-state index in [4.69, 9.17) is 21.1 Å². The lowest BCUT2D eigenvalue weighted by Crippen LogP contribution is -2.12. The van der Waals surface area contributed by atoms with Crippen LogP contribution in [0, 0.1) is 17.7 Å². The summed E-state index contributed by atoms with van der Waals surface area (Å²) in [5, 5.41) is -0.308. The Morgan fingerprint density at radius 2 is 1.84 bits per heavy atom. The van der Waals surface area contributed by atoms with E-state index in [1.54, 1.807) is 13.2 Å². The molecule has 0 saturated heterocycles. The zero-order valence-electron chi connectivity index (χ0n) is 11.6. The molecule has 1 fully saturated rings. The summed E-state index contributed by atoms with van der Waals surface area (Å²) >= 11 is 6.50. The molecule has 1 saturated carbocycles. The molecule has 2 rings (SSSR count). The predicted molar refractivity (Wildman–Crippen MR) is 74.6 cm³/mol. The highest BCUT2D eigenvalue weighted by atomic mass is 35.5. The van der Waals surface area contributed by atoms with E-state index in [1.165, 1.54) is 26.0 Å². The molecule has 19 heavy (non-hydrogen) atoms. The van der Waals surface area contributed by atoms with Crippen LogP contribution in [-0.4, -0.2) is 14.2 Å². The Balaban J connectivity index is 2.33. The van der Waals surface area contributed by atoms with Gasteiger partial charge in [0.1, 0.15) is 5.82 Å². The molecule has 3 unspecified atom stereocenters. The average molecular weight is 287 g/mol. The summed E-state index contributed by atoms with van der Waals surface area (Å²) in [4.78, 5) is 0. The first kappa shape index (κ1) is 14.4. The van der Waals surface area contributed by atoms with Crippen molar-refractivity contribution in [3.05, 3.63) is 23.5 Å². The molecule has 106 valence electrons. The van der Waals surface area contributed by atoms with Crippen LogP contribution in [0.1, 0.15) is 37.1 Å². The number of alkyl halides is 1. The van der Waals surface area contributed by atoms with Crippen molar-refractivity contribution in [2.24, 2.45) is 11.8 Å². The minimum atomic E-state index is -0.322. The molecule has 1 aliphatic carbocycles. The molecule has 0 aromatic heterocycles. The van der Waals surface area contributed by atoms with Gasteiger partial charge in [-0.1, -0.05) is 19.8 Å². The van der Waals surface area contributed by atoms with Crippen LogP contribution in [-0.2, 0) is 0 Å². The molecule has 0 amide bonds. The predicted octanol–water partition coefficient (Wildman–Crippen LogP) is 4.56. The zero-order chi connectivity index (χ0) is 14.0. The molecule has 3 atom stereocenters. The lowest BCUT2D eigenvalue weighted by Gasteiger charge is -2.23. The summed E-state index contributed by atoms with van der Waals surface area (Å²) < 4.78 is 24.5. The fourth-order valence-electron chi connectivity index (χ4n) is 2.92. The zero-order valence-corrected chi connectivity index (χ0v) is 12.3. The molecule has 1 aromatic rings. The Hall–Kier alpha value is -0.960. The van der Waals surface area contributed by atoms with E-state index in [2.05, 4.69) is 6.92 Å². The van der Waals surface area contributed by atoms with E-state index < -0.39 is 0 Å². The average Bonchev–Trinajstić information content (AvgIpc) is 2.83. The summed E-state index contributed by atoms with van der Waals surface area (Å²) in [6.07, 6.45) is 3.40. The SMILES string of the molecule is COc1cc(F)c(C(Cl)C2CCCC2C)cc1OC. The molecule has 1 aliphatic rings. The van der Waals surface area contributed by atoms with Crippen molar-refractivity contribution in [2.75, 3.05) is 14.2 Å². The second kappa shape index (κ2) is 6.00. The van der Waals surface area contributed by atoms with Gasteiger partial charge >= 0.3 is 0 Å². The quantitative estimate of drug-likeness (QED) is 0.756. The number of hydrogen-bond acceptors (Lipinski definition) is 2. The number of halogens is 2. The van der Waals surface area contributed by atoms with Crippen molar-refractivity contribution in [1.29, 1.82) is 0 Å². The van der Waals surface area contributed by atoms with Crippen LogP contribution in [0.25, 0.3) is 0 Å². The largest absolute Gasteiger partial charge is 0.493 e. The van der Waals surface area contributed by atoms with Gasteiger partial charge in [-0.2, -0.15) is 0 Å². The van der Waals surface area contributed by atoms with Crippen LogP contribution in [0.5, 0.6) is 11.5 Å². The molecular weight excluding hydrogens is 267 g/mol. The Morgan fingerprint density at radius 3 is 2.37 bits per heavy atom. The van der Waals surface area contributed by atoms with E-state index >= 15 is 0 Å². The van der Waals surface area contributed by atoms with Gasteiger partial charge in [0, 0.05) is 11.6 Å². The molecular formula is C15H20ClFO2. The third-order valence-electron chi connectivity index (χ3n) is 4.10. The second-order valence-corrected chi connectivity index (χ2v) is 5.67. The summed E-state index contributed by atoms with van der Waals surface area (Å²) in [6.45, 7) is 2.19. The van der Waals surface area contributed by atoms with Crippen LogP contribution >= 0.6 is 11.6 Å². The van der Waals surface area contributed by atoms with E-state index in [1.807, 2.05) is 0 Å². The minimum Gasteiger partial charge on any atom is -0.493 e. The standard InChI is InChI=1S/C15H20ClFO2/c1-9-5-4-6-10(9)15(16)11-7-13(18-2)14(19-3)8-12(11)17/h7-10,15H,4-6H2,1-3H3. The van der Waals surface area contributed by atoms with Crippen LogP contribution < -0.4 is 9.47 Å². The Bertz CT molecular complexity index is 450. The van der Waals surface area contributed by atoms with Gasteiger partial charge in [0.25, 0.3) is 0 Å². The number of methoxy groups -OCH3 is 2. The number of ether oxygens (including phenoxy) is 2. The highest BCUT2D eigenvalue weighted by Crippen LogP contribution is 2.45. The lowest BCUT2D eigenvalue weighted by atomic mass is 9.90. The fraction of sp³-hybridized carbons (Fsp3) is 0.600. The Labute approximate surface area is 118 Å². The van der Waals surface area contributed by atoms with Crippen molar-refractivity contribution in [3.8, 4) is 11.5 Å². The normalized spacial score (nSPS) is 24.3. The second-order valence-electron chi connectivity index (χ2n) is 5.20. The van der Waals surface area contributed by atoms with Gasteiger partial charge in [0.15, 0.2) is 11.5 Å². The minimum absolute atomic E-state index is 0.308. The Kier molecular flexibility index (Phi) is 4.56. The number of benzene rings is 1. The number of rotatable bonds is 4. The molecule has 2 nitrogen and oxygen atoms in total. The van der Waals surface area contributed by atoms with Gasteiger partial charge < -0.3 is 9.47 Å². The van der Waals surface area contributed by atoms with Gasteiger partial charge in [-0.3, -0.25) is 0 Å². The van der Waals surface area contributed by atoms with Crippen molar-refractivity contribution >= 4 is 11.6 Å². The first-order chi connectivity index (χ1) is 9.08. The van der Waals surface area contributed by atoms with Crippen molar-refractivity contribution in [3.63, 3.8) is 0 Å². The first-order valence-corrected chi connectivity index (χ1v) is 7.07. The summed E-state index contributed by atoms with van der Waals surface area (Å²) in [7, 11) is 3.04. The maximum Gasteiger partial charge on any atom is 0.163 e. The van der Waals surface area contributed by atoms with Gasteiger partial charge in [-0.25, -0.2) is 4.39 Å². The smallest absolute Gasteiger partial charge is 0.163 e.